The lowest BCUT2D eigenvalue weighted by Crippen LogP contribution is -2.44. The summed E-state index contributed by atoms with van der Waals surface area (Å²) in [7, 11) is 0. The van der Waals surface area contributed by atoms with E-state index < -0.39 is 0 Å². The van der Waals surface area contributed by atoms with Crippen molar-refractivity contribution in [2.24, 2.45) is 0 Å². The maximum absolute atomic E-state index is 11.6. The second kappa shape index (κ2) is 5.75. The topological polar surface area (TPSA) is 79.8 Å². The third-order valence-corrected chi connectivity index (χ3v) is 3.10. The van der Waals surface area contributed by atoms with E-state index in [0.717, 1.165) is 43.6 Å². The molecule has 6 nitrogen and oxygen atoms in total. The van der Waals surface area contributed by atoms with Crippen LogP contribution in [0.2, 0.25) is 0 Å². The molecule has 0 bridgehead atoms. The summed E-state index contributed by atoms with van der Waals surface area (Å²) in [6.07, 6.45) is 3.44. The molecule has 18 heavy (non-hydrogen) atoms. The molecule has 0 saturated carbocycles. The quantitative estimate of drug-likeness (QED) is 0.820. The van der Waals surface area contributed by atoms with Crippen LogP contribution in [0, 0.1) is 0 Å². The van der Waals surface area contributed by atoms with Crippen molar-refractivity contribution in [2.45, 2.75) is 45.6 Å². The normalized spacial score (nSPS) is 19.4. The summed E-state index contributed by atoms with van der Waals surface area (Å²) in [5.41, 5.74) is 1.88. The summed E-state index contributed by atoms with van der Waals surface area (Å²) in [6.45, 7) is 4.83. The van der Waals surface area contributed by atoms with Crippen molar-refractivity contribution in [1.29, 1.82) is 0 Å². The molecule has 6 heteroatoms. The van der Waals surface area contributed by atoms with Gasteiger partial charge in [-0.1, -0.05) is 13.8 Å². The third kappa shape index (κ3) is 2.75. The first-order chi connectivity index (χ1) is 8.74. The highest BCUT2D eigenvalue weighted by molar-refractivity contribution is 5.84. The Kier molecular flexibility index (Phi) is 4.07. The molecule has 1 amide bonds. The van der Waals surface area contributed by atoms with Gasteiger partial charge in [0, 0.05) is 6.54 Å². The van der Waals surface area contributed by atoms with Crippen LogP contribution in [0.5, 0.6) is 0 Å². The van der Waals surface area contributed by atoms with Crippen LogP contribution in [0.15, 0.2) is 0 Å². The number of carbonyl (C=O) groups is 1. The van der Waals surface area contributed by atoms with Crippen LogP contribution in [-0.2, 0) is 17.6 Å². The summed E-state index contributed by atoms with van der Waals surface area (Å²) in [5.74, 6) is 0.466. The lowest BCUT2D eigenvalue weighted by Gasteiger charge is -2.22. The SMILES string of the molecule is CCc1nnc(NC2CCCNC2=O)nc1CC. The zero-order valence-corrected chi connectivity index (χ0v) is 10.9. The van der Waals surface area contributed by atoms with Crippen LogP contribution in [0.1, 0.15) is 38.1 Å². The lowest BCUT2D eigenvalue weighted by molar-refractivity contribution is -0.123. The van der Waals surface area contributed by atoms with Gasteiger partial charge in [0.25, 0.3) is 0 Å². The number of nitrogens with one attached hydrogen (secondary N) is 2. The minimum absolute atomic E-state index is 0.0162. The fourth-order valence-corrected chi connectivity index (χ4v) is 2.06. The molecule has 1 aliphatic heterocycles. The number of anilines is 1. The lowest BCUT2D eigenvalue weighted by atomic mass is 10.1. The Morgan fingerprint density at radius 3 is 2.72 bits per heavy atom. The van der Waals surface area contributed by atoms with E-state index in [1.54, 1.807) is 0 Å². The number of piperidine rings is 1. The van der Waals surface area contributed by atoms with Gasteiger partial charge in [0.15, 0.2) is 0 Å². The predicted octanol–water partition coefficient (Wildman–Crippen LogP) is 0.687. The first-order valence-electron chi connectivity index (χ1n) is 6.51. The van der Waals surface area contributed by atoms with E-state index >= 15 is 0 Å². The molecule has 1 unspecified atom stereocenters. The number of hydrogen-bond donors (Lipinski definition) is 2. The minimum Gasteiger partial charge on any atom is -0.354 e. The molecule has 1 aromatic heterocycles. The van der Waals surface area contributed by atoms with E-state index in [1.165, 1.54) is 0 Å². The van der Waals surface area contributed by atoms with Crippen molar-refractivity contribution in [1.82, 2.24) is 20.5 Å². The summed E-state index contributed by atoms with van der Waals surface area (Å²) < 4.78 is 0. The number of amides is 1. The highest BCUT2D eigenvalue weighted by Crippen LogP contribution is 2.11. The van der Waals surface area contributed by atoms with Gasteiger partial charge in [0.2, 0.25) is 11.9 Å². The third-order valence-electron chi connectivity index (χ3n) is 3.10. The van der Waals surface area contributed by atoms with Crippen molar-refractivity contribution >= 4 is 11.9 Å². The van der Waals surface area contributed by atoms with Gasteiger partial charge >= 0.3 is 0 Å². The average molecular weight is 249 g/mol. The Balaban J connectivity index is 2.11. The number of rotatable bonds is 4. The van der Waals surface area contributed by atoms with Crippen LogP contribution in [0.4, 0.5) is 5.95 Å². The van der Waals surface area contributed by atoms with Crippen molar-refractivity contribution in [3.63, 3.8) is 0 Å². The van der Waals surface area contributed by atoms with E-state index in [-0.39, 0.29) is 11.9 Å². The molecule has 1 saturated heterocycles. The van der Waals surface area contributed by atoms with E-state index in [0.29, 0.717) is 5.95 Å². The molecule has 1 atom stereocenters. The van der Waals surface area contributed by atoms with Crippen molar-refractivity contribution in [3.8, 4) is 0 Å². The van der Waals surface area contributed by atoms with Crippen molar-refractivity contribution in [2.75, 3.05) is 11.9 Å². The number of aromatic nitrogens is 3. The Labute approximate surface area is 107 Å². The fraction of sp³-hybridized carbons (Fsp3) is 0.667. The zero-order valence-electron chi connectivity index (χ0n) is 10.9. The summed E-state index contributed by atoms with van der Waals surface area (Å²) in [4.78, 5) is 16.1. The fourth-order valence-electron chi connectivity index (χ4n) is 2.06. The first kappa shape index (κ1) is 12.7. The van der Waals surface area contributed by atoms with Crippen LogP contribution in [-0.4, -0.2) is 33.7 Å². The monoisotopic (exact) mass is 249 g/mol. The van der Waals surface area contributed by atoms with Gasteiger partial charge < -0.3 is 10.6 Å². The number of hydrogen-bond acceptors (Lipinski definition) is 5. The van der Waals surface area contributed by atoms with Crippen molar-refractivity contribution < 1.29 is 4.79 Å². The molecule has 2 heterocycles. The summed E-state index contributed by atoms with van der Waals surface area (Å²) >= 11 is 0. The van der Waals surface area contributed by atoms with Gasteiger partial charge in [-0.2, -0.15) is 5.10 Å². The molecule has 98 valence electrons. The first-order valence-corrected chi connectivity index (χ1v) is 6.51. The Morgan fingerprint density at radius 1 is 1.28 bits per heavy atom. The van der Waals surface area contributed by atoms with Gasteiger partial charge in [0.1, 0.15) is 6.04 Å². The number of aryl methyl sites for hydroxylation is 2. The van der Waals surface area contributed by atoms with Crippen LogP contribution in [0.25, 0.3) is 0 Å². The second-order valence-corrected chi connectivity index (χ2v) is 4.37. The molecular weight excluding hydrogens is 230 g/mol. The van der Waals surface area contributed by atoms with Gasteiger partial charge in [0.05, 0.1) is 11.4 Å². The maximum Gasteiger partial charge on any atom is 0.243 e. The van der Waals surface area contributed by atoms with E-state index in [2.05, 4.69) is 25.8 Å². The number of nitrogens with zero attached hydrogens (tertiary/aromatic N) is 3. The van der Waals surface area contributed by atoms with Gasteiger partial charge in [-0.25, -0.2) is 4.98 Å². The molecule has 0 aromatic carbocycles. The Morgan fingerprint density at radius 2 is 2.06 bits per heavy atom. The van der Waals surface area contributed by atoms with Crippen molar-refractivity contribution in [3.05, 3.63) is 11.4 Å². The highest BCUT2D eigenvalue weighted by Gasteiger charge is 2.22. The molecule has 2 rings (SSSR count). The molecule has 1 fully saturated rings. The zero-order chi connectivity index (χ0) is 13.0. The van der Waals surface area contributed by atoms with Gasteiger partial charge in [-0.05, 0) is 25.7 Å². The number of carbonyl (C=O) groups excluding carboxylic acids is 1. The van der Waals surface area contributed by atoms with Gasteiger partial charge in [-0.15, -0.1) is 5.10 Å². The van der Waals surface area contributed by atoms with Crippen LogP contribution in [0.3, 0.4) is 0 Å². The highest BCUT2D eigenvalue weighted by atomic mass is 16.2. The Bertz CT molecular complexity index is 434. The van der Waals surface area contributed by atoms with Crippen LogP contribution < -0.4 is 10.6 Å². The molecule has 0 aliphatic carbocycles. The molecule has 0 spiro atoms. The maximum atomic E-state index is 11.6. The van der Waals surface area contributed by atoms with E-state index in [1.807, 2.05) is 13.8 Å². The second-order valence-electron chi connectivity index (χ2n) is 4.37. The Hall–Kier alpha value is -1.72. The standard InChI is InChI=1S/C12H19N5O/c1-3-8-9(4-2)16-17-12(14-8)15-10-6-5-7-13-11(10)18/h10H,3-7H2,1-2H3,(H,13,18)(H,14,15,17). The average Bonchev–Trinajstić information content (AvgIpc) is 2.41. The molecule has 2 N–H and O–H groups in total. The van der Waals surface area contributed by atoms with Gasteiger partial charge in [-0.3, -0.25) is 4.79 Å². The summed E-state index contributed by atoms with van der Waals surface area (Å²) in [5, 5.41) is 14.1. The molecular formula is C12H19N5O. The smallest absolute Gasteiger partial charge is 0.243 e. The molecule has 1 aliphatic rings. The largest absolute Gasteiger partial charge is 0.354 e. The molecule has 1 aromatic rings. The predicted molar refractivity (Wildman–Crippen MR) is 68.2 cm³/mol. The molecule has 0 radical (unpaired) electrons. The van der Waals surface area contributed by atoms with E-state index in [9.17, 15) is 4.79 Å². The van der Waals surface area contributed by atoms with E-state index in [4.69, 9.17) is 0 Å². The van der Waals surface area contributed by atoms with Crippen LogP contribution >= 0.6 is 0 Å². The minimum atomic E-state index is -0.238. The summed E-state index contributed by atoms with van der Waals surface area (Å²) in [6, 6.07) is -0.238.